The van der Waals surface area contributed by atoms with Crippen molar-refractivity contribution < 1.29 is 9.59 Å². The average Bonchev–Trinajstić information content (AvgIpc) is 3.18. The maximum absolute atomic E-state index is 12.3. The third-order valence-corrected chi connectivity index (χ3v) is 4.07. The van der Waals surface area contributed by atoms with E-state index in [1.807, 2.05) is 31.2 Å². The maximum atomic E-state index is 12.3. The molecule has 0 saturated heterocycles. The summed E-state index contributed by atoms with van der Waals surface area (Å²) in [4.78, 5) is 26.0. The van der Waals surface area contributed by atoms with Crippen molar-refractivity contribution in [2.45, 2.75) is 19.4 Å². The van der Waals surface area contributed by atoms with Gasteiger partial charge >= 0.3 is 6.03 Å². The van der Waals surface area contributed by atoms with E-state index in [1.165, 1.54) is 0 Å². The number of benzene rings is 1. The zero-order chi connectivity index (χ0) is 17.1. The minimum absolute atomic E-state index is 0.0499. The van der Waals surface area contributed by atoms with Crippen LogP contribution in [0.1, 0.15) is 24.4 Å². The van der Waals surface area contributed by atoms with E-state index in [0.717, 1.165) is 17.7 Å². The molecule has 1 unspecified atom stereocenters. The Kier molecular flexibility index (Phi) is 4.45. The van der Waals surface area contributed by atoms with E-state index in [-0.39, 0.29) is 18.5 Å². The number of aryl methyl sites for hydroxylation is 1. The minimum atomic E-state index is -0.411. The molecule has 0 fully saturated rings. The summed E-state index contributed by atoms with van der Waals surface area (Å²) >= 11 is 0. The summed E-state index contributed by atoms with van der Waals surface area (Å²) < 4.78 is 1.73. The summed E-state index contributed by atoms with van der Waals surface area (Å²) in [5.41, 5.74) is 2.09. The van der Waals surface area contributed by atoms with Gasteiger partial charge in [0.1, 0.15) is 6.33 Å². The highest BCUT2D eigenvalue weighted by molar-refractivity contribution is 5.98. The lowest BCUT2D eigenvalue weighted by atomic mass is 10.2. The summed E-state index contributed by atoms with van der Waals surface area (Å²) in [5, 5.41) is 13.1. The number of urea groups is 1. The SMILES string of the molecule is CC(NC(=O)NCC(=O)N1CCc2ccccc21)c1nncn1C. The molecule has 24 heavy (non-hydrogen) atoms. The van der Waals surface area contributed by atoms with Crippen LogP contribution in [0.25, 0.3) is 0 Å². The molecule has 0 aliphatic carbocycles. The predicted octanol–water partition coefficient (Wildman–Crippen LogP) is 0.765. The molecule has 8 nitrogen and oxygen atoms in total. The number of rotatable bonds is 4. The van der Waals surface area contributed by atoms with Gasteiger partial charge < -0.3 is 20.1 Å². The molecule has 0 radical (unpaired) electrons. The number of nitrogens with one attached hydrogen (secondary N) is 2. The molecule has 1 atom stereocenters. The van der Waals surface area contributed by atoms with E-state index in [4.69, 9.17) is 0 Å². The summed E-state index contributed by atoms with van der Waals surface area (Å²) in [5.74, 6) is 0.520. The first-order valence-corrected chi connectivity index (χ1v) is 7.83. The molecule has 0 bridgehead atoms. The number of fused-ring (bicyclic) bond motifs is 1. The molecule has 1 aromatic heterocycles. The van der Waals surface area contributed by atoms with Crippen LogP contribution in [0.2, 0.25) is 0 Å². The number of amides is 3. The maximum Gasteiger partial charge on any atom is 0.315 e. The van der Waals surface area contributed by atoms with E-state index in [0.29, 0.717) is 12.4 Å². The van der Waals surface area contributed by atoms with Crippen molar-refractivity contribution in [2.24, 2.45) is 7.05 Å². The quantitative estimate of drug-likeness (QED) is 0.867. The highest BCUT2D eigenvalue weighted by Crippen LogP contribution is 2.27. The number of anilines is 1. The Labute approximate surface area is 139 Å². The highest BCUT2D eigenvalue weighted by atomic mass is 16.2. The van der Waals surface area contributed by atoms with Crippen LogP contribution >= 0.6 is 0 Å². The summed E-state index contributed by atoms with van der Waals surface area (Å²) in [6, 6.07) is 7.10. The Bertz CT molecular complexity index is 757. The second-order valence-electron chi connectivity index (χ2n) is 5.77. The Balaban J connectivity index is 1.52. The van der Waals surface area contributed by atoms with Gasteiger partial charge in [0.15, 0.2) is 5.82 Å². The van der Waals surface area contributed by atoms with Gasteiger partial charge in [-0.3, -0.25) is 4.79 Å². The van der Waals surface area contributed by atoms with E-state index in [9.17, 15) is 9.59 Å². The minimum Gasteiger partial charge on any atom is -0.329 e. The lowest BCUT2D eigenvalue weighted by Crippen LogP contribution is -2.44. The molecule has 0 spiro atoms. The third kappa shape index (κ3) is 3.22. The molecule has 3 rings (SSSR count). The van der Waals surface area contributed by atoms with Gasteiger partial charge in [-0.1, -0.05) is 18.2 Å². The lowest BCUT2D eigenvalue weighted by Gasteiger charge is -2.18. The second kappa shape index (κ2) is 6.69. The molecule has 126 valence electrons. The molecule has 1 aromatic carbocycles. The number of para-hydroxylation sites is 1. The first kappa shape index (κ1) is 16.0. The molecule has 2 N–H and O–H groups in total. The van der Waals surface area contributed by atoms with Gasteiger partial charge in [-0.05, 0) is 25.0 Å². The zero-order valence-corrected chi connectivity index (χ0v) is 13.7. The number of carbonyl (C=O) groups excluding carboxylic acids is 2. The average molecular weight is 328 g/mol. The van der Waals surface area contributed by atoms with Crippen LogP contribution in [0.15, 0.2) is 30.6 Å². The molecular weight excluding hydrogens is 308 g/mol. The summed E-state index contributed by atoms with van der Waals surface area (Å²) in [6.45, 7) is 2.41. The lowest BCUT2D eigenvalue weighted by molar-refractivity contribution is -0.117. The van der Waals surface area contributed by atoms with Gasteiger partial charge in [0.05, 0.1) is 12.6 Å². The van der Waals surface area contributed by atoms with Gasteiger partial charge in [0.25, 0.3) is 0 Å². The molecule has 2 heterocycles. The molecular formula is C16H20N6O2. The van der Waals surface area contributed by atoms with E-state index < -0.39 is 6.03 Å². The van der Waals surface area contributed by atoms with Crippen molar-refractivity contribution in [3.8, 4) is 0 Å². The summed E-state index contributed by atoms with van der Waals surface area (Å²) in [6.07, 6.45) is 2.41. The molecule has 1 aliphatic heterocycles. The smallest absolute Gasteiger partial charge is 0.315 e. The fourth-order valence-corrected chi connectivity index (χ4v) is 2.85. The fourth-order valence-electron chi connectivity index (χ4n) is 2.85. The summed E-state index contributed by atoms with van der Waals surface area (Å²) in [7, 11) is 1.81. The van der Waals surface area contributed by atoms with Crippen molar-refractivity contribution >= 4 is 17.6 Å². The second-order valence-corrected chi connectivity index (χ2v) is 5.77. The van der Waals surface area contributed by atoms with E-state index in [2.05, 4.69) is 20.8 Å². The molecule has 8 heteroatoms. The number of carbonyl (C=O) groups is 2. The third-order valence-electron chi connectivity index (χ3n) is 4.07. The number of aromatic nitrogens is 3. The standard InChI is InChI=1S/C16H20N6O2/c1-11(15-20-18-10-21(15)2)19-16(24)17-9-14(23)22-8-7-12-5-3-4-6-13(12)22/h3-6,10-11H,7-9H2,1-2H3,(H2,17,19,24). The van der Waals surface area contributed by atoms with Crippen molar-refractivity contribution in [3.05, 3.63) is 42.0 Å². The van der Waals surface area contributed by atoms with Crippen LogP contribution in [0.5, 0.6) is 0 Å². The number of hydrogen-bond donors (Lipinski definition) is 2. The molecule has 2 aromatic rings. The topological polar surface area (TPSA) is 92.2 Å². The normalized spacial score (nSPS) is 14.2. The molecule has 3 amide bonds. The Hall–Kier alpha value is -2.90. The van der Waals surface area contributed by atoms with Crippen LogP contribution in [-0.2, 0) is 18.3 Å². The van der Waals surface area contributed by atoms with Gasteiger partial charge in [-0.25, -0.2) is 4.79 Å². The Morgan fingerprint density at radius 1 is 1.33 bits per heavy atom. The Morgan fingerprint density at radius 2 is 2.12 bits per heavy atom. The number of hydrogen-bond acceptors (Lipinski definition) is 4. The van der Waals surface area contributed by atoms with E-state index in [1.54, 1.807) is 22.8 Å². The highest BCUT2D eigenvalue weighted by Gasteiger charge is 2.24. The molecule has 0 saturated carbocycles. The predicted molar refractivity (Wildman–Crippen MR) is 88.5 cm³/mol. The monoisotopic (exact) mass is 328 g/mol. The van der Waals surface area contributed by atoms with Crippen molar-refractivity contribution in [1.29, 1.82) is 0 Å². The van der Waals surface area contributed by atoms with Gasteiger partial charge in [-0.2, -0.15) is 0 Å². The Morgan fingerprint density at radius 3 is 2.88 bits per heavy atom. The van der Waals surface area contributed by atoms with Crippen LogP contribution < -0.4 is 15.5 Å². The largest absolute Gasteiger partial charge is 0.329 e. The zero-order valence-electron chi connectivity index (χ0n) is 13.7. The van der Waals surface area contributed by atoms with Gasteiger partial charge in [0, 0.05) is 19.3 Å². The van der Waals surface area contributed by atoms with Crippen LogP contribution in [0, 0.1) is 0 Å². The van der Waals surface area contributed by atoms with Crippen molar-refractivity contribution in [1.82, 2.24) is 25.4 Å². The van der Waals surface area contributed by atoms with Crippen LogP contribution in [0.3, 0.4) is 0 Å². The van der Waals surface area contributed by atoms with Crippen molar-refractivity contribution in [2.75, 3.05) is 18.0 Å². The van der Waals surface area contributed by atoms with Gasteiger partial charge in [0.2, 0.25) is 5.91 Å². The number of nitrogens with zero attached hydrogens (tertiary/aromatic N) is 4. The van der Waals surface area contributed by atoms with Crippen LogP contribution in [-0.4, -0.2) is 39.8 Å². The first-order chi connectivity index (χ1) is 11.6. The molecule has 1 aliphatic rings. The first-order valence-electron chi connectivity index (χ1n) is 7.83. The van der Waals surface area contributed by atoms with Crippen molar-refractivity contribution in [3.63, 3.8) is 0 Å². The van der Waals surface area contributed by atoms with E-state index >= 15 is 0 Å². The fraction of sp³-hybridized carbons (Fsp3) is 0.375. The van der Waals surface area contributed by atoms with Crippen LogP contribution in [0.4, 0.5) is 10.5 Å². The van der Waals surface area contributed by atoms with Gasteiger partial charge in [-0.15, -0.1) is 10.2 Å².